The molecule has 0 bridgehead atoms. The number of amides is 3. The highest BCUT2D eigenvalue weighted by Gasteiger charge is 2.23. The van der Waals surface area contributed by atoms with Crippen LogP contribution < -0.4 is 25.4 Å². The molecule has 8 heteroatoms. The third-order valence-corrected chi connectivity index (χ3v) is 5.10. The van der Waals surface area contributed by atoms with E-state index in [1.54, 1.807) is 36.5 Å². The maximum absolute atomic E-state index is 12.7. The van der Waals surface area contributed by atoms with Gasteiger partial charge in [0.1, 0.15) is 11.5 Å². The second-order valence-corrected chi connectivity index (χ2v) is 8.03. The van der Waals surface area contributed by atoms with E-state index >= 15 is 0 Å². The van der Waals surface area contributed by atoms with Crippen molar-refractivity contribution in [2.24, 2.45) is 0 Å². The first-order valence-electron chi connectivity index (χ1n) is 11.4. The predicted octanol–water partition coefficient (Wildman–Crippen LogP) is 4.88. The summed E-state index contributed by atoms with van der Waals surface area (Å²) in [6.07, 6.45) is 4.60. The molecule has 0 radical (unpaired) electrons. The second-order valence-electron chi connectivity index (χ2n) is 8.03. The lowest BCUT2D eigenvalue weighted by atomic mass is 10.2. The van der Waals surface area contributed by atoms with Crippen LogP contribution >= 0.6 is 0 Å². The molecule has 1 saturated carbocycles. The molecule has 0 saturated heterocycles. The molecule has 0 atom stereocenters. The van der Waals surface area contributed by atoms with E-state index in [4.69, 9.17) is 9.47 Å². The van der Waals surface area contributed by atoms with Crippen LogP contribution in [-0.4, -0.2) is 29.6 Å². The van der Waals surface area contributed by atoms with E-state index in [9.17, 15) is 9.59 Å². The van der Waals surface area contributed by atoms with E-state index in [0.717, 1.165) is 30.6 Å². The normalized spacial score (nSPS) is 12.5. The largest absolute Gasteiger partial charge is 0.494 e. The number of aromatic nitrogens is 1. The highest BCUT2D eigenvalue weighted by molar-refractivity contribution is 5.96. The Hall–Kier alpha value is -4.07. The quantitative estimate of drug-likeness (QED) is 0.400. The topological polar surface area (TPSA) is 102 Å². The highest BCUT2D eigenvalue weighted by Crippen LogP contribution is 2.25. The number of urea groups is 1. The minimum Gasteiger partial charge on any atom is -0.494 e. The first-order valence-corrected chi connectivity index (χ1v) is 11.4. The van der Waals surface area contributed by atoms with Gasteiger partial charge in [-0.3, -0.25) is 4.79 Å². The maximum atomic E-state index is 12.7. The molecule has 0 spiro atoms. The molecule has 3 aromatic rings. The molecule has 3 N–H and O–H groups in total. The van der Waals surface area contributed by atoms with Crippen LogP contribution in [0.3, 0.4) is 0 Å². The number of ether oxygens (including phenoxy) is 2. The summed E-state index contributed by atoms with van der Waals surface area (Å²) >= 11 is 0. The van der Waals surface area contributed by atoms with Crippen LogP contribution in [0.1, 0.15) is 42.1 Å². The standard InChI is InChI=1S/C26H28N4O4/c1-2-15-33-22-10-12-23(13-11-22)34-25-19(6-4-14-27-25)17-28-24(31)18-5-3-7-21(16-18)30-26(32)29-20-8-9-20/h3-7,10-14,16,20H,2,8-9,15,17H2,1H3,(H,28,31)(H2,29,30,32). The molecular weight excluding hydrogens is 432 g/mol. The Morgan fingerprint density at radius 1 is 1.03 bits per heavy atom. The number of nitrogens with zero attached hydrogens (tertiary/aromatic N) is 1. The zero-order valence-electron chi connectivity index (χ0n) is 19.0. The monoisotopic (exact) mass is 460 g/mol. The molecule has 1 aromatic heterocycles. The summed E-state index contributed by atoms with van der Waals surface area (Å²) in [6, 6.07) is 17.8. The van der Waals surface area contributed by atoms with Crippen LogP contribution in [0.15, 0.2) is 66.9 Å². The summed E-state index contributed by atoms with van der Waals surface area (Å²) < 4.78 is 11.5. The first-order chi connectivity index (χ1) is 16.6. The predicted molar refractivity (Wildman–Crippen MR) is 129 cm³/mol. The van der Waals surface area contributed by atoms with Gasteiger partial charge >= 0.3 is 6.03 Å². The molecule has 0 aliphatic heterocycles. The van der Waals surface area contributed by atoms with Crippen molar-refractivity contribution < 1.29 is 19.1 Å². The molecule has 2 aromatic carbocycles. The number of hydrogen-bond acceptors (Lipinski definition) is 5. The summed E-state index contributed by atoms with van der Waals surface area (Å²) in [6.45, 7) is 2.96. The van der Waals surface area contributed by atoms with Gasteiger partial charge in [0, 0.05) is 35.6 Å². The van der Waals surface area contributed by atoms with E-state index in [1.165, 1.54) is 0 Å². The third-order valence-electron chi connectivity index (χ3n) is 5.10. The Labute approximate surface area is 198 Å². The number of rotatable bonds is 10. The van der Waals surface area contributed by atoms with Crippen molar-refractivity contribution in [2.75, 3.05) is 11.9 Å². The van der Waals surface area contributed by atoms with Gasteiger partial charge in [0.15, 0.2) is 0 Å². The van der Waals surface area contributed by atoms with Gasteiger partial charge in [-0.15, -0.1) is 0 Å². The SMILES string of the molecule is CCCOc1ccc(Oc2ncccc2CNC(=O)c2cccc(NC(=O)NC3CC3)c2)cc1. The number of hydrogen-bond donors (Lipinski definition) is 3. The minimum atomic E-state index is -0.265. The lowest BCUT2D eigenvalue weighted by molar-refractivity contribution is 0.0950. The van der Waals surface area contributed by atoms with E-state index in [1.807, 2.05) is 30.3 Å². The van der Waals surface area contributed by atoms with Crippen LogP contribution in [0.25, 0.3) is 0 Å². The fraction of sp³-hybridized carbons (Fsp3) is 0.269. The molecule has 3 amide bonds. The van der Waals surface area contributed by atoms with Gasteiger partial charge in [0.2, 0.25) is 5.88 Å². The zero-order chi connectivity index (χ0) is 23.8. The Bertz CT molecular complexity index is 1130. The number of carbonyl (C=O) groups is 2. The highest BCUT2D eigenvalue weighted by atomic mass is 16.5. The van der Waals surface area contributed by atoms with E-state index < -0.39 is 0 Å². The average Bonchev–Trinajstić information content (AvgIpc) is 3.67. The smallest absolute Gasteiger partial charge is 0.319 e. The molecule has 1 fully saturated rings. The molecule has 1 aliphatic rings. The molecular formula is C26H28N4O4. The van der Waals surface area contributed by atoms with Crippen LogP contribution in [0, 0.1) is 0 Å². The number of anilines is 1. The molecule has 8 nitrogen and oxygen atoms in total. The zero-order valence-corrected chi connectivity index (χ0v) is 19.0. The fourth-order valence-electron chi connectivity index (χ4n) is 3.18. The Kier molecular flexibility index (Phi) is 7.60. The number of carbonyl (C=O) groups excluding carboxylic acids is 2. The van der Waals surface area contributed by atoms with Gasteiger partial charge in [-0.05, 0) is 67.8 Å². The lowest BCUT2D eigenvalue weighted by Crippen LogP contribution is -2.30. The van der Waals surface area contributed by atoms with Crippen molar-refractivity contribution >= 4 is 17.6 Å². The number of nitrogens with one attached hydrogen (secondary N) is 3. The molecule has 176 valence electrons. The van der Waals surface area contributed by atoms with Crippen molar-refractivity contribution in [1.82, 2.24) is 15.6 Å². The summed E-state index contributed by atoms with van der Waals surface area (Å²) in [7, 11) is 0. The van der Waals surface area contributed by atoms with Gasteiger partial charge in [-0.25, -0.2) is 9.78 Å². The van der Waals surface area contributed by atoms with Gasteiger partial charge in [-0.2, -0.15) is 0 Å². The second kappa shape index (κ2) is 11.2. The van der Waals surface area contributed by atoms with Crippen molar-refractivity contribution in [3.05, 3.63) is 78.0 Å². The summed E-state index contributed by atoms with van der Waals surface area (Å²) in [5.74, 6) is 1.55. The Morgan fingerprint density at radius 3 is 2.59 bits per heavy atom. The summed E-state index contributed by atoms with van der Waals surface area (Å²) in [5, 5.41) is 8.51. The number of pyridine rings is 1. The summed E-state index contributed by atoms with van der Waals surface area (Å²) in [4.78, 5) is 29.0. The average molecular weight is 461 g/mol. The van der Waals surface area contributed by atoms with E-state index in [2.05, 4.69) is 27.9 Å². The molecule has 1 aliphatic carbocycles. The van der Waals surface area contributed by atoms with Crippen molar-refractivity contribution in [1.29, 1.82) is 0 Å². The van der Waals surface area contributed by atoms with E-state index in [-0.39, 0.29) is 24.5 Å². The van der Waals surface area contributed by atoms with Crippen molar-refractivity contribution in [3.8, 4) is 17.4 Å². The van der Waals surface area contributed by atoms with E-state index in [0.29, 0.717) is 29.5 Å². The molecule has 1 heterocycles. The van der Waals surface area contributed by atoms with Gasteiger partial charge in [-0.1, -0.05) is 19.1 Å². The third kappa shape index (κ3) is 6.71. The number of benzene rings is 2. The molecule has 0 unspecified atom stereocenters. The van der Waals surface area contributed by atoms with Gasteiger partial charge < -0.3 is 25.4 Å². The summed E-state index contributed by atoms with van der Waals surface area (Å²) in [5.41, 5.74) is 1.74. The van der Waals surface area contributed by atoms with Crippen LogP contribution in [0.4, 0.5) is 10.5 Å². The van der Waals surface area contributed by atoms with Crippen molar-refractivity contribution in [3.63, 3.8) is 0 Å². The molecule has 34 heavy (non-hydrogen) atoms. The maximum Gasteiger partial charge on any atom is 0.319 e. The lowest BCUT2D eigenvalue weighted by Gasteiger charge is -2.12. The minimum absolute atomic E-state index is 0.236. The Balaban J connectivity index is 1.35. The van der Waals surface area contributed by atoms with Crippen LogP contribution in [0.5, 0.6) is 17.4 Å². The molecule has 4 rings (SSSR count). The van der Waals surface area contributed by atoms with Gasteiger partial charge in [0.25, 0.3) is 5.91 Å². The van der Waals surface area contributed by atoms with Crippen LogP contribution in [-0.2, 0) is 6.54 Å². The van der Waals surface area contributed by atoms with Crippen LogP contribution in [0.2, 0.25) is 0 Å². The fourth-order valence-corrected chi connectivity index (χ4v) is 3.18. The Morgan fingerprint density at radius 2 is 1.82 bits per heavy atom. The first kappa shape index (κ1) is 23.1. The van der Waals surface area contributed by atoms with Gasteiger partial charge in [0.05, 0.1) is 6.61 Å². The van der Waals surface area contributed by atoms with Crippen molar-refractivity contribution in [2.45, 2.75) is 38.8 Å².